The lowest BCUT2D eigenvalue weighted by Gasteiger charge is -2.12. The van der Waals surface area contributed by atoms with Gasteiger partial charge in [-0.25, -0.2) is 9.98 Å². The smallest absolute Gasteiger partial charge is 0.398 e. The van der Waals surface area contributed by atoms with Crippen LogP contribution >= 0.6 is 27.7 Å². The SMILES string of the molecule is CCN(C)C=Nc1cc(Br)c(Oc2ccnc(SCC(F)(F)F)n2)cc1C. The predicted octanol–water partition coefficient (Wildman–Crippen LogP) is 5.61. The van der Waals surface area contributed by atoms with Crippen molar-refractivity contribution in [3.8, 4) is 11.6 Å². The highest BCUT2D eigenvalue weighted by molar-refractivity contribution is 9.10. The van der Waals surface area contributed by atoms with Crippen LogP contribution in [0.2, 0.25) is 0 Å². The first-order valence-electron chi connectivity index (χ1n) is 7.93. The lowest BCUT2D eigenvalue weighted by molar-refractivity contribution is -0.105. The summed E-state index contributed by atoms with van der Waals surface area (Å²) in [5, 5.41) is 0.00138. The molecule has 0 aliphatic rings. The van der Waals surface area contributed by atoms with Crippen molar-refractivity contribution in [1.29, 1.82) is 0 Å². The van der Waals surface area contributed by atoms with Crippen molar-refractivity contribution in [1.82, 2.24) is 14.9 Å². The summed E-state index contributed by atoms with van der Waals surface area (Å²) in [5.74, 6) is -0.407. The number of alkyl halides is 3. The van der Waals surface area contributed by atoms with Gasteiger partial charge in [0.1, 0.15) is 5.75 Å². The Labute approximate surface area is 168 Å². The van der Waals surface area contributed by atoms with Gasteiger partial charge in [-0.2, -0.15) is 18.2 Å². The maximum Gasteiger partial charge on any atom is 0.398 e. The standard InChI is InChI=1S/C17H18BrF3N4OS/c1-4-25(3)10-23-13-8-12(18)14(7-11(13)2)26-15-5-6-22-16(24-15)27-9-17(19,20)21/h5-8,10H,4,9H2,1-3H3. The summed E-state index contributed by atoms with van der Waals surface area (Å²) in [6.45, 7) is 4.75. The number of thioether (sulfide) groups is 1. The minimum Gasteiger partial charge on any atom is -0.438 e. The second kappa shape index (κ2) is 9.41. The molecule has 146 valence electrons. The zero-order valence-corrected chi connectivity index (χ0v) is 17.3. The van der Waals surface area contributed by atoms with E-state index in [9.17, 15) is 13.2 Å². The Kier molecular flexibility index (Phi) is 7.49. The quantitative estimate of drug-likeness (QED) is 0.231. The minimum absolute atomic E-state index is 0.00138. The lowest BCUT2D eigenvalue weighted by atomic mass is 10.2. The first-order valence-corrected chi connectivity index (χ1v) is 9.71. The van der Waals surface area contributed by atoms with Crippen LogP contribution in [0.5, 0.6) is 11.6 Å². The molecule has 2 aromatic rings. The summed E-state index contributed by atoms with van der Waals surface area (Å²) in [4.78, 5) is 14.2. The highest BCUT2D eigenvalue weighted by Gasteiger charge is 2.28. The number of ether oxygens (including phenoxy) is 1. The first kappa shape index (κ1) is 21.5. The topological polar surface area (TPSA) is 50.6 Å². The van der Waals surface area contributed by atoms with Crippen LogP contribution in [-0.2, 0) is 0 Å². The van der Waals surface area contributed by atoms with Gasteiger partial charge in [-0.15, -0.1) is 0 Å². The van der Waals surface area contributed by atoms with Gasteiger partial charge in [0.05, 0.1) is 22.3 Å². The van der Waals surface area contributed by atoms with Crippen molar-refractivity contribution >= 4 is 39.7 Å². The van der Waals surface area contributed by atoms with Crippen LogP contribution < -0.4 is 4.74 Å². The van der Waals surface area contributed by atoms with Gasteiger partial charge >= 0.3 is 6.18 Å². The molecule has 1 heterocycles. The molecule has 1 aromatic heterocycles. The number of halogens is 4. The number of hydrogen-bond donors (Lipinski definition) is 0. The molecule has 0 saturated heterocycles. The number of aryl methyl sites for hydroxylation is 1. The van der Waals surface area contributed by atoms with E-state index in [0.717, 1.165) is 17.8 Å². The van der Waals surface area contributed by atoms with Crippen molar-refractivity contribution in [3.63, 3.8) is 0 Å². The van der Waals surface area contributed by atoms with Crippen LogP contribution in [0.3, 0.4) is 0 Å². The van der Waals surface area contributed by atoms with E-state index in [0.29, 0.717) is 22.0 Å². The molecule has 27 heavy (non-hydrogen) atoms. The largest absolute Gasteiger partial charge is 0.438 e. The number of rotatable bonds is 7. The van der Waals surface area contributed by atoms with E-state index in [1.165, 1.54) is 12.3 Å². The van der Waals surface area contributed by atoms with E-state index in [4.69, 9.17) is 4.74 Å². The van der Waals surface area contributed by atoms with Gasteiger partial charge < -0.3 is 9.64 Å². The molecule has 0 spiro atoms. The minimum atomic E-state index is -4.28. The number of benzene rings is 1. The number of hydrogen-bond acceptors (Lipinski definition) is 5. The molecule has 0 radical (unpaired) electrons. The maximum atomic E-state index is 12.3. The molecule has 1 aromatic carbocycles. The van der Waals surface area contributed by atoms with Gasteiger partial charge in [0.25, 0.3) is 0 Å². The third-order valence-electron chi connectivity index (χ3n) is 3.33. The summed E-state index contributed by atoms with van der Waals surface area (Å²) < 4.78 is 43.4. The Hall–Kier alpha value is -1.81. The molecule has 0 N–H and O–H groups in total. The second-order valence-corrected chi connectivity index (χ2v) is 7.37. The van der Waals surface area contributed by atoms with Crippen molar-refractivity contribution < 1.29 is 17.9 Å². The molecule has 0 amide bonds. The van der Waals surface area contributed by atoms with Crippen LogP contribution in [0.1, 0.15) is 12.5 Å². The molecule has 0 bridgehead atoms. The van der Waals surface area contributed by atoms with Crippen LogP contribution in [-0.4, -0.2) is 46.7 Å². The Morgan fingerprint density at radius 1 is 1.37 bits per heavy atom. The average Bonchev–Trinajstić information content (AvgIpc) is 2.61. The molecule has 0 fully saturated rings. The summed E-state index contributed by atoms with van der Waals surface area (Å²) in [7, 11) is 1.93. The highest BCUT2D eigenvalue weighted by atomic mass is 79.9. The second-order valence-electron chi connectivity index (χ2n) is 5.57. The zero-order chi connectivity index (χ0) is 20.0. The lowest BCUT2D eigenvalue weighted by Crippen LogP contribution is -2.14. The number of aliphatic imine (C=N–C) groups is 1. The molecule has 0 unspecified atom stereocenters. The van der Waals surface area contributed by atoms with Crippen LogP contribution in [0.4, 0.5) is 18.9 Å². The van der Waals surface area contributed by atoms with Gasteiger partial charge in [-0.05, 0) is 47.5 Å². The molecule has 0 atom stereocenters. The summed E-state index contributed by atoms with van der Waals surface area (Å²) in [5.41, 5.74) is 1.66. The molecular formula is C17H18BrF3N4OS. The number of aromatic nitrogens is 2. The van der Waals surface area contributed by atoms with Crippen LogP contribution in [0, 0.1) is 6.92 Å². The average molecular weight is 463 g/mol. The van der Waals surface area contributed by atoms with Crippen molar-refractivity contribution in [2.75, 3.05) is 19.3 Å². The summed E-state index contributed by atoms with van der Waals surface area (Å²) in [6.07, 6.45) is -1.18. The van der Waals surface area contributed by atoms with Crippen molar-refractivity contribution in [3.05, 3.63) is 34.4 Å². The van der Waals surface area contributed by atoms with E-state index in [1.54, 1.807) is 12.4 Å². The third-order valence-corrected chi connectivity index (χ3v) is 4.88. The molecule has 0 aliphatic heterocycles. The van der Waals surface area contributed by atoms with E-state index >= 15 is 0 Å². The first-order chi connectivity index (χ1) is 12.7. The van der Waals surface area contributed by atoms with Gasteiger partial charge in [0, 0.05) is 25.9 Å². The fourth-order valence-corrected chi connectivity index (χ4v) is 2.81. The van der Waals surface area contributed by atoms with E-state index < -0.39 is 11.9 Å². The highest BCUT2D eigenvalue weighted by Crippen LogP contribution is 2.35. The number of nitrogens with zero attached hydrogens (tertiary/aromatic N) is 4. The Morgan fingerprint density at radius 2 is 2.11 bits per heavy atom. The molecule has 2 rings (SSSR count). The summed E-state index contributed by atoms with van der Waals surface area (Å²) >= 11 is 3.94. The Morgan fingerprint density at radius 3 is 2.78 bits per heavy atom. The zero-order valence-electron chi connectivity index (χ0n) is 14.9. The predicted molar refractivity (Wildman–Crippen MR) is 104 cm³/mol. The molecule has 5 nitrogen and oxygen atoms in total. The van der Waals surface area contributed by atoms with Gasteiger partial charge in [0.2, 0.25) is 5.88 Å². The van der Waals surface area contributed by atoms with Gasteiger partial charge in [-0.3, -0.25) is 0 Å². The van der Waals surface area contributed by atoms with Crippen LogP contribution in [0.15, 0.2) is 39.0 Å². The van der Waals surface area contributed by atoms with Crippen LogP contribution in [0.25, 0.3) is 0 Å². The van der Waals surface area contributed by atoms with E-state index in [1.807, 2.05) is 31.9 Å². The Bertz CT molecular complexity index is 817. The molecular weight excluding hydrogens is 445 g/mol. The molecule has 10 heteroatoms. The fraction of sp³-hybridized carbons (Fsp3) is 0.353. The molecule has 0 saturated carbocycles. The fourth-order valence-electron chi connectivity index (χ4n) is 1.81. The third kappa shape index (κ3) is 7.02. The van der Waals surface area contributed by atoms with E-state index in [-0.39, 0.29) is 11.0 Å². The Balaban J connectivity index is 2.15. The normalized spacial score (nSPS) is 11.8. The monoisotopic (exact) mass is 462 g/mol. The maximum absolute atomic E-state index is 12.3. The van der Waals surface area contributed by atoms with Gasteiger partial charge in [0.15, 0.2) is 5.16 Å². The van der Waals surface area contributed by atoms with Gasteiger partial charge in [-0.1, -0.05) is 11.8 Å². The summed E-state index contributed by atoms with van der Waals surface area (Å²) in [6, 6.07) is 5.08. The van der Waals surface area contributed by atoms with Crippen molar-refractivity contribution in [2.24, 2.45) is 4.99 Å². The molecule has 0 aliphatic carbocycles. The van der Waals surface area contributed by atoms with Crippen molar-refractivity contribution in [2.45, 2.75) is 25.2 Å². The van der Waals surface area contributed by atoms with E-state index in [2.05, 4.69) is 30.9 Å².